The van der Waals surface area contributed by atoms with Crippen molar-refractivity contribution in [3.63, 3.8) is 0 Å². The lowest BCUT2D eigenvalue weighted by atomic mass is 10.3. The van der Waals surface area contributed by atoms with Crippen LogP contribution in [0.25, 0.3) is 0 Å². The standard InChI is InChI=1S/C11H16N2O5S2/c1-2-3-5-13(7-9(12)14)20(17,18)8-4-6-19-10(8)11(15)16/h4,6H,2-3,5,7H2,1H3,(H2,12,14)(H,15,16). The molecule has 0 radical (unpaired) electrons. The van der Waals surface area contributed by atoms with E-state index in [1.165, 1.54) is 11.4 Å². The van der Waals surface area contributed by atoms with Gasteiger partial charge in [0.05, 0.1) is 6.54 Å². The second-order valence-electron chi connectivity index (χ2n) is 4.08. The van der Waals surface area contributed by atoms with Gasteiger partial charge in [-0.15, -0.1) is 11.3 Å². The smallest absolute Gasteiger partial charge is 0.347 e. The topological polar surface area (TPSA) is 118 Å². The predicted molar refractivity (Wildman–Crippen MR) is 74.1 cm³/mol. The normalized spacial score (nSPS) is 11.7. The highest BCUT2D eigenvalue weighted by atomic mass is 32.2. The van der Waals surface area contributed by atoms with Gasteiger partial charge in [-0.25, -0.2) is 13.2 Å². The van der Waals surface area contributed by atoms with Crippen molar-refractivity contribution in [2.24, 2.45) is 5.73 Å². The van der Waals surface area contributed by atoms with Crippen LogP contribution in [0.5, 0.6) is 0 Å². The molecule has 1 heterocycles. The fourth-order valence-electron chi connectivity index (χ4n) is 1.59. The molecule has 1 aromatic rings. The van der Waals surface area contributed by atoms with Gasteiger partial charge in [-0.2, -0.15) is 4.31 Å². The van der Waals surface area contributed by atoms with Crippen LogP contribution < -0.4 is 5.73 Å². The summed E-state index contributed by atoms with van der Waals surface area (Å²) in [4.78, 5) is 21.5. The van der Waals surface area contributed by atoms with Crippen LogP contribution in [0.15, 0.2) is 16.3 Å². The van der Waals surface area contributed by atoms with Gasteiger partial charge in [-0.1, -0.05) is 13.3 Å². The molecule has 0 aliphatic heterocycles. The molecular formula is C11H16N2O5S2. The summed E-state index contributed by atoms with van der Waals surface area (Å²) < 4.78 is 25.8. The quantitative estimate of drug-likeness (QED) is 0.732. The third kappa shape index (κ3) is 3.78. The maximum absolute atomic E-state index is 12.4. The van der Waals surface area contributed by atoms with E-state index in [1.54, 1.807) is 0 Å². The minimum Gasteiger partial charge on any atom is -0.477 e. The summed E-state index contributed by atoms with van der Waals surface area (Å²) in [6.45, 7) is 1.54. The van der Waals surface area contributed by atoms with Gasteiger partial charge in [0.15, 0.2) is 0 Å². The van der Waals surface area contributed by atoms with Crippen LogP contribution in [0.1, 0.15) is 29.4 Å². The fourth-order valence-corrected chi connectivity index (χ4v) is 4.27. The molecule has 0 aliphatic rings. The van der Waals surface area contributed by atoms with Crippen LogP contribution in [0, 0.1) is 0 Å². The molecule has 1 rings (SSSR count). The zero-order valence-electron chi connectivity index (χ0n) is 10.9. The fraction of sp³-hybridized carbons (Fsp3) is 0.455. The molecule has 1 amide bonds. The summed E-state index contributed by atoms with van der Waals surface area (Å²) in [5, 5.41) is 10.4. The van der Waals surface area contributed by atoms with Gasteiger partial charge < -0.3 is 10.8 Å². The number of sulfonamides is 1. The van der Waals surface area contributed by atoms with Gasteiger partial charge in [0, 0.05) is 6.54 Å². The van der Waals surface area contributed by atoms with E-state index in [1.807, 2.05) is 6.92 Å². The zero-order valence-corrected chi connectivity index (χ0v) is 12.5. The summed E-state index contributed by atoms with van der Waals surface area (Å²) in [6.07, 6.45) is 1.29. The lowest BCUT2D eigenvalue weighted by Crippen LogP contribution is -2.39. The molecule has 0 saturated carbocycles. The number of primary amides is 1. The lowest BCUT2D eigenvalue weighted by molar-refractivity contribution is -0.118. The number of rotatable bonds is 8. The molecule has 0 bridgehead atoms. The third-order valence-corrected chi connectivity index (χ3v) is 5.45. The highest BCUT2D eigenvalue weighted by Gasteiger charge is 2.30. The molecule has 20 heavy (non-hydrogen) atoms. The molecule has 0 aliphatic carbocycles. The van der Waals surface area contributed by atoms with Crippen LogP contribution in [0.2, 0.25) is 0 Å². The van der Waals surface area contributed by atoms with Crippen LogP contribution in [-0.2, 0) is 14.8 Å². The van der Waals surface area contributed by atoms with Crippen LogP contribution in [0.3, 0.4) is 0 Å². The minimum absolute atomic E-state index is 0.122. The van der Waals surface area contributed by atoms with Crippen LogP contribution >= 0.6 is 11.3 Å². The zero-order chi connectivity index (χ0) is 15.3. The van der Waals surface area contributed by atoms with E-state index >= 15 is 0 Å². The molecule has 0 spiro atoms. The Morgan fingerprint density at radius 2 is 2.10 bits per heavy atom. The van der Waals surface area contributed by atoms with E-state index in [0.29, 0.717) is 6.42 Å². The van der Waals surface area contributed by atoms with Gasteiger partial charge >= 0.3 is 5.97 Å². The molecule has 112 valence electrons. The van der Waals surface area contributed by atoms with Crippen molar-refractivity contribution in [2.75, 3.05) is 13.1 Å². The van der Waals surface area contributed by atoms with Gasteiger partial charge in [-0.3, -0.25) is 4.79 Å². The van der Waals surface area contributed by atoms with E-state index in [4.69, 9.17) is 10.8 Å². The number of carboxylic acid groups (broad SMARTS) is 1. The molecule has 1 aromatic heterocycles. The Balaban J connectivity index is 3.17. The molecule has 0 atom stereocenters. The molecule has 3 N–H and O–H groups in total. The average Bonchev–Trinajstić information content (AvgIpc) is 2.83. The van der Waals surface area contributed by atoms with Crippen molar-refractivity contribution < 1.29 is 23.1 Å². The van der Waals surface area contributed by atoms with Crippen molar-refractivity contribution in [2.45, 2.75) is 24.7 Å². The lowest BCUT2D eigenvalue weighted by Gasteiger charge is -2.20. The number of nitrogens with zero attached hydrogens (tertiary/aromatic N) is 1. The van der Waals surface area contributed by atoms with E-state index in [0.717, 1.165) is 22.1 Å². The first-order chi connectivity index (χ1) is 9.30. The highest BCUT2D eigenvalue weighted by molar-refractivity contribution is 7.89. The number of hydrogen-bond donors (Lipinski definition) is 2. The Kier molecular flexibility index (Phi) is 5.66. The Labute approximate surface area is 121 Å². The number of aromatic carboxylic acids is 1. The number of hydrogen-bond acceptors (Lipinski definition) is 5. The Hall–Kier alpha value is -1.45. The number of carboxylic acids is 1. The maximum atomic E-state index is 12.4. The predicted octanol–water partition coefficient (Wildman–Crippen LogP) is 0.722. The Morgan fingerprint density at radius 3 is 2.60 bits per heavy atom. The molecular weight excluding hydrogens is 304 g/mol. The Bertz CT molecular complexity index is 594. The summed E-state index contributed by atoms with van der Waals surface area (Å²) in [5.74, 6) is -2.09. The molecule has 0 fully saturated rings. The molecule has 9 heteroatoms. The number of carbonyl (C=O) groups is 2. The first kappa shape index (κ1) is 16.6. The molecule has 7 nitrogen and oxygen atoms in total. The Morgan fingerprint density at radius 1 is 1.45 bits per heavy atom. The van der Waals surface area contributed by atoms with Crippen molar-refractivity contribution in [3.05, 3.63) is 16.3 Å². The van der Waals surface area contributed by atoms with Gasteiger partial charge in [0.25, 0.3) is 0 Å². The number of carbonyl (C=O) groups excluding carboxylic acids is 1. The van der Waals surface area contributed by atoms with Crippen molar-refractivity contribution in [3.8, 4) is 0 Å². The van der Waals surface area contributed by atoms with Crippen LogP contribution in [0.4, 0.5) is 0 Å². The van der Waals surface area contributed by atoms with Crippen molar-refractivity contribution in [1.82, 2.24) is 4.31 Å². The molecule has 0 saturated heterocycles. The summed E-state index contributed by atoms with van der Waals surface area (Å²) in [5.41, 5.74) is 5.05. The van der Waals surface area contributed by atoms with Crippen LogP contribution in [-0.4, -0.2) is 42.8 Å². The molecule has 0 unspecified atom stereocenters. The number of thiophene rings is 1. The second-order valence-corrected chi connectivity index (χ2v) is 6.90. The molecule has 0 aromatic carbocycles. The van der Waals surface area contributed by atoms with E-state index in [-0.39, 0.29) is 16.3 Å². The summed E-state index contributed by atoms with van der Waals surface area (Å²) >= 11 is 0.823. The first-order valence-electron chi connectivity index (χ1n) is 5.90. The van der Waals surface area contributed by atoms with Crippen molar-refractivity contribution in [1.29, 1.82) is 0 Å². The van der Waals surface area contributed by atoms with Gasteiger partial charge in [0.2, 0.25) is 15.9 Å². The van der Waals surface area contributed by atoms with Crippen molar-refractivity contribution >= 4 is 33.2 Å². The van der Waals surface area contributed by atoms with E-state index in [9.17, 15) is 18.0 Å². The number of unbranched alkanes of at least 4 members (excludes halogenated alkanes) is 1. The average molecular weight is 320 g/mol. The van der Waals surface area contributed by atoms with Gasteiger partial charge in [-0.05, 0) is 17.9 Å². The first-order valence-corrected chi connectivity index (χ1v) is 8.22. The highest BCUT2D eigenvalue weighted by Crippen LogP contribution is 2.25. The summed E-state index contributed by atoms with van der Waals surface area (Å²) in [7, 11) is -4.04. The SMILES string of the molecule is CCCCN(CC(N)=O)S(=O)(=O)c1ccsc1C(=O)O. The largest absolute Gasteiger partial charge is 0.477 e. The maximum Gasteiger partial charge on any atom is 0.347 e. The number of amides is 1. The third-order valence-electron chi connectivity index (χ3n) is 2.53. The van der Waals surface area contributed by atoms with Gasteiger partial charge in [0.1, 0.15) is 9.77 Å². The number of nitrogens with two attached hydrogens (primary N) is 1. The summed E-state index contributed by atoms with van der Waals surface area (Å²) in [6, 6.07) is 1.23. The van der Waals surface area contributed by atoms with E-state index < -0.39 is 28.4 Å². The van der Waals surface area contributed by atoms with E-state index in [2.05, 4.69) is 0 Å². The second kappa shape index (κ2) is 6.82. The monoisotopic (exact) mass is 320 g/mol. The minimum atomic E-state index is -4.04.